The summed E-state index contributed by atoms with van der Waals surface area (Å²) < 4.78 is 38.4. The second-order valence-corrected chi connectivity index (χ2v) is 9.48. The molecule has 3 rings (SSSR count). The number of carbonyl (C=O) groups excluding carboxylic acids is 2. The first kappa shape index (κ1) is 24.8. The van der Waals surface area contributed by atoms with Crippen LogP contribution in [-0.2, 0) is 19.6 Å². The zero-order valence-electron chi connectivity index (χ0n) is 19.4. The van der Waals surface area contributed by atoms with E-state index in [1.807, 2.05) is 13.8 Å². The van der Waals surface area contributed by atoms with E-state index in [2.05, 4.69) is 5.32 Å². The maximum Gasteiger partial charge on any atom is 0.337 e. The van der Waals surface area contributed by atoms with Crippen LogP contribution in [0.15, 0.2) is 71.6 Å². The molecule has 0 radical (unpaired) electrons. The number of nitrogens with one attached hydrogen (secondary N) is 1. The largest absolute Gasteiger partial charge is 0.495 e. The number of sulfonamides is 1. The summed E-state index contributed by atoms with van der Waals surface area (Å²) in [7, 11) is -1.42. The lowest BCUT2D eigenvalue weighted by molar-refractivity contribution is -0.114. The number of nitrogens with zero attached hydrogens (tertiary/aromatic N) is 1. The number of benzene rings is 3. The van der Waals surface area contributed by atoms with Gasteiger partial charge in [0.1, 0.15) is 12.3 Å². The van der Waals surface area contributed by atoms with Crippen molar-refractivity contribution in [3.63, 3.8) is 0 Å². The number of hydrogen-bond acceptors (Lipinski definition) is 6. The number of esters is 1. The van der Waals surface area contributed by atoms with Gasteiger partial charge in [0.15, 0.2) is 0 Å². The fourth-order valence-electron chi connectivity index (χ4n) is 3.30. The molecule has 34 heavy (non-hydrogen) atoms. The average Bonchev–Trinajstić information content (AvgIpc) is 2.82. The van der Waals surface area contributed by atoms with E-state index >= 15 is 0 Å². The van der Waals surface area contributed by atoms with Crippen LogP contribution >= 0.6 is 0 Å². The number of aryl methyl sites for hydroxylation is 2. The molecule has 8 nitrogen and oxygen atoms in total. The molecule has 1 N–H and O–H groups in total. The number of hydrogen-bond donors (Lipinski definition) is 1. The van der Waals surface area contributed by atoms with E-state index in [-0.39, 0.29) is 16.1 Å². The Morgan fingerprint density at radius 3 is 2.24 bits per heavy atom. The van der Waals surface area contributed by atoms with Crippen LogP contribution in [-0.4, -0.2) is 41.1 Å². The van der Waals surface area contributed by atoms with E-state index in [1.54, 1.807) is 48.5 Å². The van der Waals surface area contributed by atoms with E-state index in [0.29, 0.717) is 11.4 Å². The molecule has 0 unspecified atom stereocenters. The highest BCUT2D eigenvalue weighted by Gasteiger charge is 2.29. The van der Waals surface area contributed by atoms with Gasteiger partial charge in [-0.2, -0.15) is 0 Å². The van der Waals surface area contributed by atoms with Gasteiger partial charge in [-0.05, 0) is 61.9 Å². The van der Waals surface area contributed by atoms with Gasteiger partial charge in [-0.15, -0.1) is 0 Å². The maximum absolute atomic E-state index is 13.6. The molecule has 178 valence electrons. The Morgan fingerprint density at radius 2 is 1.59 bits per heavy atom. The topological polar surface area (TPSA) is 102 Å². The van der Waals surface area contributed by atoms with Crippen molar-refractivity contribution in [3.8, 4) is 5.75 Å². The third-order valence-corrected chi connectivity index (χ3v) is 6.84. The van der Waals surface area contributed by atoms with Gasteiger partial charge in [-0.25, -0.2) is 13.2 Å². The molecule has 0 aliphatic carbocycles. The number of amides is 1. The standard InChI is InChI=1S/C25H26N2O6S/c1-17-8-11-21(12-9-17)34(30,31)27(22-14-18(2)10-13-23(22)32-3)16-24(28)26-20-7-5-6-19(15-20)25(29)33-4/h5-15H,16H2,1-4H3,(H,26,28). The number of anilines is 2. The highest BCUT2D eigenvalue weighted by Crippen LogP contribution is 2.33. The molecule has 3 aromatic rings. The summed E-state index contributed by atoms with van der Waals surface area (Å²) in [6.45, 7) is 3.16. The predicted octanol–water partition coefficient (Wildman–Crippen LogP) is 3.93. The monoisotopic (exact) mass is 482 g/mol. The van der Waals surface area contributed by atoms with Gasteiger partial charge in [0, 0.05) is 5.69 Å². The maximum atomic E-state index is 13.6. The number of ether oxygens (including phenoxy) is 2. The average molecular weight is 483 g/mol. The Kier molecular flexibility index (Phi) is 7.57. The van der Waals surface area contributed by atoms with E-state index in [4.69, 9.17) is 9.47 Å². The molecule has 0 spiro atoms. The third-order valence-electron chi connectivity index (χ3n) is 5.07. The summed E-state index contributed by atoms with van der Waals surface area (Å²) in [6.07, 6.45) is 0. The van der Waals surface area contributed by atoms with Crippen molar-refractivity contribution >= 4 is 33.3 Å². The van der Waals surface area contributed by atoms with Crippen LogP contribution in [0.4, 0.5) is 11.4 Å². The first-order valence-corrected chi connectivity index (χ1v) is 11.8. The van der Waals surface area contributed by atoms with Crippen LogP contribution in [0, 0.1) is 13.8 Å². The quantitative estimate of drug-likeness (QED) is 0.488. The molecule has 0 aliphatic heterocycles. The molecular formula is C25H26N2O6S. The van der Waals surface area contributed by atoms with Crippen molar-refractivity contribution in [2.45, 2.75) is 18.7 Å². The van der Waals surface area contributed by atoms with Crippen LogP contribution in [0.2, 0.25) is 0 Å². The smallest absolute Gasteiger partial charge is 0.337 e. The van der Waals surface area contributed by atoms with Gasteiger partial charge in [-0.3, -0.25) is 9.10 Å². The fraction of sp³-hybridized carbons (Fsp3) is 0.200. The van der Waals surface area contributed by atoms with Crippen molar-refractivity contribution < 1.29 is 27.5 Å². The zero-order chi connectivity index (χ0) is 24.9. The lowest BCUT2D eigenvalue weighted by Crippen LogP contribution is -2.38. The van der Waals surface area contributed by atoms with Crippen LogP contribution in [0.1, 0.15) is 21.5 Å². The minimum absolute atomic E-state index is 0.0437. The molecule has 0 aromatic heterocycles. The molecule has 0 saturated heterocycles. The van der Waals surface area contributed by atoms with Crippen molar-refractivity contribution in [3.05, 3.63) is 83.4 Å². The van der Waals surface area contributed by atoms with Gasteiger partial charge >= 0.3 is 5.97 Å². The molecule has 0 aliphatic rings. The summed E-state index contributed by atoms with van der Waals surface area (Å²) >= 11 is 0. The van der Waals surface area contributed by atoms with Gasteiger partial charge < -0.3 is 14.8 Å². The fourth-order valence-corrected chi connectivity index (χ4v) is 4.73. The van der Waals surface area contributed by atoms with Gasteiger partial charge in [-0.1, -0.05) is 29.8 Å². The summed E-state index contributed by atoms with van der Waals surface area (Å²) in [4.78, 5) is 24.8. The lowest BCUT2D eigenvalue weighted by Gasteiger charge is -2.26. The van der Waals surface area contributed by atoms with Gasteiger partial charge in [0.2, 0.25) is 5.91 Å². The Bertz CT molecular complexity index is 1300. The van der Waals surface area contributed by atoms with Crippen LogP contribution in [0.5, 0.6) is 5.75 Å². The highest BCUT2D eigenvalue weighted by atomic mass is 32.2. The van der Waals surface area contributed by atoms with Crippen LogP contribution in [0.3, 0.4) is 0 Å². The molecule has 0 heterocycles. The third kappa shape index (κ3) is 5.55. The Hall–Kier alpha value is -3.85. The highest BCUT2D eigenvalue weighted by molar-refractivity contribution is 7.92. The molecule has 1 amide bonds. The number of carbonyl (C=O) groups is 2. The van der Waals surface area contributed by atoms with Crippen molar-refractivity contribution in [2.75, 3.05) is 30.4 Å². The Morgan fingerprint density at radius 1 is 0.912 bits per heavy atom. The van der Waals surface area contributed by atoms with E-state index in [9.17, 15) is 18.0 Å². The summed E-state index contributed by atoms with van der Waals surface area (Å²) in [5, 5.41) is 2.65. The first-order chi connectivity index (χ1) is 16.1. The SMILES string of the molecule is COC(=O)c1cccc(NC(=O)CN(c2cc(C)ccc2OC)S(=O)(=O)c2ccc(C)cc2)c1. The summed E-state index contributed by atoms with van der Waals surface area (Å²) in [5.41, 5.74) is 2.52. The van der Waals surface area contributed by atoms with E-state index in [0.717, 1.165) is 15.4 Å². The van der Waals surface area contributed by atoms with Crippen LogP contribution < -0.4 is 14.4 Å². The summed E-state index contributed by atoms with van der Waals surface area (Å²) in [6, 6.07) is 17.7. The Labute approximate surface area is 199 Å². The second kappa shape index (κ2) is 10.4. The number of methoxy groups -OCH3 is 2. The minimum atomic E-state index is -4.11. The molecule has 0 bridgehead atoms. The zero-order valence-corrected chi connectivity index (χ0v) is 20.2. The van der Waals surface area contributed by atoms with Gasteiger partial charge in [0.25, 0.3) is 10.0 Å². The molecule has 0 atom stereocenters. The van der Waals surface area contributed by atoms with Gasteiger partial charge in [0.05, 0.1) is 30.4 Å². The molecular weight excluding hydrogens is 456 g/mol. The first-order valence-electron chi connectivity index (χ1n) is 10.4. The van der Waals surface area contributed by atoms with Crippen molar-refractivity contribution in [1.82, 2.24) is 0 Å². The number of rotatable bonds is 8. The minimum Gasteiger partial charge on any atom is -0.495 e. The lowest BCUT2D eigenvalue weighted by atomic mass is 10.2. The van der Waals surface area contributed by atoms with E-state index < -0.39 is 28.4 Å². The summed E-state index contributed by atoms with van der Waals surface area (Å²) in [5.74, 6) is -0.841. The molecule has 0 fully saturated rings. The second-order valence-electron chi connectivity index (χ2n) is 7.62. The predicted molar refractivity (Wildman–Crippen MR) is 130 cm³/mol. The van der Waals surface area contributed by atoms with E-state index in [1.165, 1.54) is 32.4 Å². The molecule has 9 heteroatoms. The van der Waals surface area contributed by atoms with Crippen LogP contribution in [0.25, 0.3) is 0 Å². The van der Waals surface area contributed by atoms with Crippen molar-refractivity contribution in [2.24, 2.45) is 0 Å². The molecule has 0 saturated carbocycles. The normalized spacial score (nSPS) is 10.9. The molecule has 3 aromatic carbocycles. The Balaban J connectivity index is 2.00. The van der Waals surface area contributed by atoms with Crippen molar-refractivity contribution in [1.29, 1.82) is 0 Å².